The van der Waals surface area contributed by atoms with Gasteiger partial charge < -0.3 is 5.11 Å². The van der Waals surface area contributed by atoms with Crippen molar-refractivity contribution in [3.8, 4) is 0 Å². The largest absolute Gasteiger partial charge is 0.476 e. The fraction of sp³-hybridized carbons (Fsp3) is 0.143. The summed E-state index contributed by atoms with van der Waals surface area (Å²) in [6, 6.07) is 0. The Kier molecular flexibility index (Phi) is 2.54. The van der Waals surface area contributed by atoms with Crippen LogP contribution in [0.5, 0.6) is 0 Å². The fourth-order valence-electron chi connectivity index (χ4n) is 0.631. The summed E-state index contributed by atoms with van der Waals surface area (Å²) in [7, 11) is 0. The lowest BCUT2D eigenvalue weighted by molar-refractivity contribution is -0.134. The summed E-state index contributed by atoms with van der Waals surface area (Å²) in [4.78, 5) is 14.4. The lowest BCUT2D eigenvalue weighted by Crippen LogP contribution is -1.93. The first-order valence-electron chi connectivity index (χ1n) is 3.12. The number of carboxylic acids is 1. The molecule has 1 rings (SSSR count). The Hall–Kier alpha value is -1.23. The number of aryl methyl sites for hydroxylation is 1. The average Bonchev–Trinajstić information content (AvgIpc) is 2.35. The third-order valence-electron chi connectivity index (χ3n) is 1.11. The first kappa shape index (κ1) is 8.86. The molecule has 1 aromatic rings. The normalized spacial score (nSPS) is 11.7. The number of nitrogens with zero attached hydrogens (tertiary/aromatic N) is 1. The van der Waals surface area contributed by atoms with Crippen LogP contribution in [-0.2, 0) is 4.79 Å². The Balaban J connectivity index is 2.87. The van der Waals surface area contributed by atoms with Gasteiger partial charge in [-0.25, -0.2) is 9.78 Å². The minimum absolute atomic E-state index is 0.507. The molecule has 1 heterocycles. The van der Waals surface area contributed by atoms with Crippen molar-refractivity contribution in [2.45, 2.75) is 6.92 Å². The minimum atomic E-state index is -1.55. The molecular weight excluding hydrogens is 181 g/mol. The molecular formula is C7H6FNO2S. The van der Waals surface area contributed by atoms with Crippen LogP contribution in [0.25, 0.3) is 6.08 Å². The molecule has 64 valence electrons. The van der Waals surface area contributed by atoms with Gasteiger partial charge in [0.15, 0.2) is 0 Å². The van der Waals surface area contributed by atoms with Crippen molar-refractivity contribution in [2.24, 2.45) is 0 Å². The van der Waals surface area contributed by atoms with Crippen molar-refractivity contribution in [3.63, 3.8) is 0 Å². The molecule has 0 unspecified atom stereocenters. The van der Waals surface area contributed by atoms with E-state index < -0.39 is 11.8 Å². The number of aliphatic carboxylic acids is 1. The van der Waals surface area contributed by atoms with E-state index in [-0.39, 0.29) is 0 Å². The van der Waals surface area contributed by atoms with Gasteiger partial charge in [0, 0.05) is 12.3 Å². The highest BCUT2D eigenvalue weighted by atomic mass is 32.1. The van der Waals surface area contributed by atoms with Crippen LogP contribution in [0, 0.1) is 6.92 Å². The predicted octanol–water partition coefficient (Wildman–Crippen LogP) is 1.85. The van der Waals surface area contributed by atoms with Gasteiger partial charge in [-0.2, -0.15) is 4.39 Å². The van der Waals surface area contributed by atoms with Crippen LogP contribution in [0.1, 0.15) is 9.88 Å². The van der Waals surface area contributed by atoms with Crippen molar-refractivity contribution in [1.82, 2.24) is 4.98 Å². The molecule has 0 aromatic carbocycles. The number of carboxylic acid groups (broad SMARTS) is 1. The summed E-state index contributed by atoms with van der Waals surface area (Å²) in [6.07, 6.45) is 2.38. The number of hydrogen-bond donors (Lipinski definition) is 1. The van der Waals surface area contributed by atoms with Gasteiger partial charge in [0.2, 0.25) is 5.83 Å². The molecule has 0 saturated carbocycles. The van der Waals surface area contributed by atoms with Gasteiger partial charge in [0.1, 0.15) is 0 Å². The Bertz CT molecular complexity index is 332. The van der Waals surface area contributed by atoms with E-state index in [1.165, 1.54) is 17.5 Å². The van der Waals surface area contributed by atoms with Crippen LogP contribution < -0.4 is 0 Å². The van der Waals surface area contributed by atoms with E-state index in [0.29, 0.717) is 4.88 Å². The quantitative estimate of drug-likeness (QED) is 0.719. The zero-order chi connectivity index (χ0) is 9.14. The number of carbonyl (C=O) groups is 1. The third kappa shape index (κ3) is 2.13. The fourth-order valence-corrected chi connectivity index (χ4v) is 1.35. The van der Waals surface area contributed by atoms with Crippen LogP contribution in [0.15, 0.2) is 12.0 Å². The number of rotatable bonds is 2. The van der Waals surface area contributed by atoms with Crippen molar-refractivity contribution in [1.29, 1.82) is 0 Å². The summed E-state index contributed by atoms with van der Waals surface area (Å²) in [5.41, 5.74) is 0. The van der Waals surface area contributed by atoms with E-state index in [1.54, 1.807) is 6.92 Å². The molecule has 12 heavy (non-hydrogen) atoms. The maximum Gasteiger partial charge on any atom is 0.364 e. The van der Waals surface area contributed by atoms with E-state index in [4.69, 9.17) is 5.11 Å². The molecule has 0 fully saturated rings. The van der Waals surface area contributed by atoms with Crippen molar-refractivity contribution in [2.75, 3.05) is 0 Å². The van der Waals surface area contributed by atoms with E-state index in [2.05, 4.69) is 4.98 Å². The van der Waals surface area contributed by atoms with Gasteiger partial charge >= 0.3 is 5.97 Å². The second-order valence-electron chi connectivity index (χ2n) is 2.08. The van der Waals surface area contributed by atoms with Gasteiger partial charge in [-0.3, -0.25) is 0 Å². The topological polar surface area (TPSA) is 50.2 Å². The van der Waals surface area contributed by atoms with Crippen molar-refractivity contribution >= 4 is 23.4 Å². The highest BCUT2D eigenvalue weighted by molar-refractivity contribution is 7.12. The Morgan fingerprint density at radius 3 is 2.92 bits per heavy atom. The third-order valence-corrected chi connectivity index (χ3v) is 1.97. The smallest absolute Gasteiger partial charge is 0.364 e. The van der Waals surface area contributed by atoms with E-state index >= 15 is 0 Å². The van der Waals surface area contributed by atoms with Gasteiger partial charge in [0.05, 0.1) is 9.88 Å². The summed E-state index contributed by atoms with van der Waals surface area (Å²) in [6.45, 7) is 1.76. The number of aromatic nitrogens is 1. The van der Waals surface area contributed by atoms with E-state index in [9.17, 15) is 9.18 Å². The highest BCUT2D eigenvalue weighted by Crippen LogP contribution is 2.15. The molecule has 0 amide bonds. The van der Waals surface area contributed by atoms with Crippen LogP contribution in [0.4, 0.5) is 4.39 Å². The Morgan fingerprint density at radius 2 is 2.50 bits per heavy atom. The molecule has 0 bridgehead atoms. The molecule has 0 aliphatic heterocycles. The molecule has 0 spiro atoms. The van der Waals surface area contributed by atoms with Crippen LogP contribution in [0.3, 0.4) is 0 Å². The van der Waals surface area contributed by atoms with Gasteiger partial charge in [0.25, 0.3) is 0 Å². The van der Waals surface area contributed by atoms with Crippen molar-refractivity contribution < 1.29 is 14.3 Å². The van der Waals surface area contributed by atoms with Gasteiger partial charge in [-0.05, 0) is 6.92 Å². The Labute approximate surface area is 72.2 Å². The second-order valence-corrected chi connectivity index (χ2v) is 3.35. The summed E-state index contributed by atoms with van der Waals surface area (Å²) >= 11 is 1.24. The van der Waals surface area contributed by atoms with Crippen molar-refractivity contribution in [3.05, 3.63) is 21.9 Å². The molecule has 0 aliphatic carbocycles. The molecule has 0 radical (unpaired) electrons. The molecule has 0 atom stereocenters. The maximum atomic E-state index is 12.5. The summed E-state index contributed by atoms with van der Waals surface area (Å²) < 4.78 is 12.5. The number of hydrogen-bond acceptors (Lipinski definition) is 3. The zero-order valence-electron chi connectivity index (χ0n) is 6.24. The van der Waals surface area contributed by atoms with E-state index in [0.717, 1.165) is 11.1 Å². The molecule has 0 aliphatic rings. The minimum Gasteiger partial charge on any atom is -0.476 e. The monoisotopic (exact) mass is 187 g/mol. The zero-order valence-corrected chi connectivity index (χ0v) is 7.06. The number of thiazole rings is 1. The summed E-state index contributed by atoms with van der Waals surface area (Å²) in [5.74, 6) is -2.72. The van der Waals surface area contributed by atoms with E-state index in [1.807, 2.05) is 0 Å². The van der Waals surface area contributed by atoms with Gasteiger partial charge in [-0.1, -0.05) is 0 Å². The molecule has 1 aromatic heterocycles. The number of halogens is 1. The highest BCUT2D eigenvalue weighted by Gasteiger charge is 2.05. The van der Waals surface area contributed by atoms with Crippen LogP contribution >= 0.6 is 11.3 Å². The molecule has 1 N–H and O–H groups in total. The molecule has 3 nitrogen and oxygen atoms in total. The second kappa shape index (κ2) is 3.44. The molecule has 0 saturated heterocycles. The first-order valence-corrected chi connectivity index (χ1v) is 3.94. The molecule has 5 heteroatoms. The van der Waals surface area contributed by atoms with Gasteiger partial charge in [-0.15, -0.1) is 11.3 Å². The predicted molar refractivity (Wildman–Crippen MR) is 43.6 cm³/mol. The maximum absolute atomic E-state index is 12.5. The lowest BCUT2D eigenvalue weighted by atomic mass is 10.4. The summed E-state index contributed by atoms with van der Waals surface area (Å²) in [5, 5.41) is 8.97. The Morgan fingerprint density at radius 1 is 1.83 bits per heavy atom. The standard InChI is InChI=1S/C7H6FNO2S/c1-4-9-3-5(12-4)2-6(8)7(10)11/h2-3H,1H3,(H,10,11)/b6-2+. The van der Waals surface area contributed by atoms with Crippen LogP contribution in [-0.4, -0.2) is 16.1 Å². The SMILES string of the molecule is Cc1ncc(/C=C(/F)C(=O)O)s1. The van der Waals surface area contributed by atoms with Crippen LogP contribution in [0.2, 0.25) is 0 Å². The first-order chi connectivity index (χ1) is 5.59. The average molecular weight is 187 g/mol. The lowest BCUT2D eigenvalue weighted by Gasteiger charge is -1.84.